The van der Waals surface area contributed by atoms with Crippen molar-refractivity contribution in [3.8, 4) is 0 Å². The minimum Gasteiger partial charge on any atom is -0.466 e. The zero-order valence-corrected chi connectivity index (χ0v) is 17.0. The lowest BCUT2D eigenvalue weighted by atomic mass is 9.98. The van der Waals surface area contributed by atoms with Gasteiger partial charge in [-0.15, -0.1) is 0 Å². The molecule has 1 heterocycles. The third-order valence-corrected chi connectivity index (χ3v) is 4.75. The highest BCUT2D eigenvalue weighted by Gasteiger charge is 2.39. The second kappa shape index (κ2) is 10.1. The molecule has 28 heavy (non-hydrogen) atoms. The molecule has 0 saturated carbocycles. The van der Waals surface area contributed by atoms with Crippen LogP contribution >= 0.6 is 0 Å². The predicted molar refractivity (Wildman–Crippen MR) is 105 cm³/mol. The van der Waals surface area contributed by atoms with E-state index < -0.39 is 12.0 Å². The number of cyclic esters (lactones) is 1. The van der Waals surface area contributed by atoms with Crippen molar-refractivity contribution >= 4 is 18.0 Å². The van der Waals surface area contributed by atoms with Crippen LogP contribution in [0.4, 0.5) is 4.79 Å². The average molecular weight is 387 g/mol. The lowest BCUT2D eigenvalue weighted by molar-refractivity contribution is -0.147. The number of allylic oxidation sites excluding steroid dienone is 1. The summed E-state index contributed by atoms with van der Waals surface area (Å²) in [6.07, 6.45) is 2.29. The molecule has 0 radical (unpaired) electrons. The Kier molecular flexibility index (Phi) is 7.79. The Balaban J connectivity index is 2.03. The lowest BCUT2D eigenvalue weighted by Crippen LogP contribution is -2.42. The number of amides is 2. The summed E-state index contributed by atoms with van der Waals surface area (Å²) in [6, 6.07) is 9.41. The largest absolute Gasteiger partial charge is 0.466 e. The highest BCUT2D eigenvalue weighted by atomic mass is 16.6. The van der Waals surface area contributed by atoms with Gasteiger partial charge in [0.1, 0.15) is 6.61 Å². The van der Waals surface area contributed by atoms with Crippen molar-refractivity contribution in [2.24, 2.45) is 11.8 Å². The molecule has 0 aromatic heterocycles. The van der Waals surface area contributed by atoms with Crippen LogP contribution in [0.5, 0.6) is 0 Å². The van der Waals surface area contributed by atoms with E-state index in [-0.39, 0.29) is 30.4 Å². The van der Waals surface area contributed by atoms with Crippen LogP contribution in [0.1, 0.15) is 39.7 Å². The number of esters is 1. The molecule has 0 spiro atoms. The van der Waals surface area contributed by atoms with E-state index >= 15 is 0 Å². The highest BCUT2D eigenvalue weighted by molar-refractivity contribution is 5.95. The second-order valence-electron chi connectivity index (χ2n) is 7.29. The Bertz CT molecular complexity index is 728. The first kappa shape index (κ1) is 21.7. The SMILES string of the molecule is CCOC(=O)C(C)C/C(C)=C/[C@H](C)C(=O)N1C(=O)OC[C@@H]1Cc1ccccc1. The van der Waals surface area contributed by atoms with Gasteiger partial charge in [-0.2, -0.15) is 0 Å². The van der Waals surface area contributed by atoms with Crippen LogP contribution in [0.25, 0.3) is 0 Å². The van der Waals surface area contributed by atoms with Gasteiger partial charge >= 0.3 is 12.1 Å². The highest BCUT2D eigenvalue weighted by Crippen LogP contribution is 2.22. The van der Waals surface area contributed by atoms with Crippen molar-refractivity contribution in [3.63, 3.8) is 0 Å². The Morgan fingerprint density at radius 3 is 2.61 bits per heavy atom. The molecule has 1 aliphatic rings. The number of benzene rings is 1. The zero-order chi connectivity index (χ0) is 20.7. The summed E-state index contributed by atoms with van der Waals surface area (Å²) in [5, 5.41) is 0. The molecule has 0 bridgehead atoms. The fraction of sp³-hybridized carbons (Fsp3) is 0.500. The van der Waals surface area contributed by atoms with Crippen LogP contribution in [-0.2, 0) is 25.5 Å². The summed E-state index contributed by atoms with van der Waals surface area (Å²) in [4.78, 5) is 38.1. The average Bonchev–Trinajstić information content (AvgIpc) is 3.02. The first-order valence-corrected chi connectivity index (χ1v) is 9.71. The molecule has 2 amide bonds. The summed E-state index contributed by atoms with van der Waals surface area (Å²) in [5.74, 6) is -1.30. The van der Waals surface area contributed by atoms with Crippen LogP contribution in [-0.4, -0.2) is 42.1 Å². The van der Waals surface area contributed by atoms with Gasteiger partial charge in [-0.1, -0.05) is 55.8 Å². The van der Waals surface area contributed by atoms with Gasteiger partial charge in [0, 0.05) is 0 Å². The topological polar surface area (TPSA) is 72.9 Å². The number of rotatable bonds is 8. The van der Waals surface area contributed by atoms with Gasteiger partial charge in [0.25, 0.3) is 0 Å². The number of imide groups is 1. The molecule has 2 rings (SSSR count). The Morgan fingerprint density at radius 2 is 1.96 bits per heavy atom. The van der Waals surface area contributed by atoms with Crippen LogP contribution in [0, 0.1) is 11.8 Å². The molecule has 1 aliphatic heterocycles. The van der Waals surface area contributed by atoms with E-state index in [2.05, 4.69) is 0 Å². The number of hydrogen-bond donors (Lipinski definition) is 0. The van der Waals surface area contributed by atoms with Crippen LogP contribution < -0.4 is 0 Å². The van der Waals surface area contributed by atoms with Gasteiger partial charge in [0.15, 0.2) is 0 Å². The monoisotopic (exact) mass is 387 g/mol. The van der Waals surface area contributed by atoms with E-state index in [1.54, 1.807) is 20.8 Å². The molecule has 3 atom stereocenters. The van der Waals surface area contributed by atoms with Gasteiger partial charge in [-0.05, 0) is 32.3 Å². The van der Waals surface area contributed by atoms with E-state index in [0.717, 1.165) is 11.1 Å². The van der Waals surface area contributed by atoms with Crippen molar-refractivity contribution < 1.29 is 23.9 Å². The third kappa shape index (κ3) is 5.68. The molecule has 152 valence electrons. The molecular formula is C22H29NO5. The maximum absolute atomic E-state index is 12.9. The number of carbonyl (C=O) groups is 3. The molecule has 0 N–H and O–H groups in total. The van der Waals surface area contributed by atoms with Crippen LogP contribution in [0.3, 0.4) is 0 Å². The first-order chi connectivity index (χ1) is 13.3. The quantitative estimate of drug-likeness (QED) is 0.502. The third-order valence-electron chi connectivity index (χ3n) is 4.75. The molecule has 6 heteroatoms. The molecule has 1 saturated heterocycles. The van der Waals surface area contributed by atoms with Crippen molar-refractivity contribution in [2.45, 2.75) is 46.6 Å². The molecule has 1 aromatic carbocycles. The minimum atomic E-state index is -0.594. The minimum absolute atomic E-state index is 0.203. The number of nitrogens with zero attached hydrogens (tertiary/aromatic N) is 1. The van der Waals surface area contributed by atoms with Gasteiger partial charge in [0.05, 0.1) is 24.5 Å². The van der Waals surface area contributed by atoms with E-state index in [1.807, 2.05) is 43.3 Å². The number of ether oxygens (including phenoxy) is 2. The zero-order valence-electron chi connectivity index (χ0n) is 17.0. The van der Waals surface area contributed by atoms with E-state index in [0.29, 0.717) is 19.4 Å². The standard InChI is InChI=1S/C22H29NO5/c1-5-27-21(25)17(4)12-15(2)11-16(3)20(24)23-19(14-28-22(23)26)13-18-9-7-6-8-10-18/h6-11,16-17,19H,5,12-14H2,1-4H3/b15-11+/t16-,17?,19-/m0/s1. The Hall–Kier alpha value is -2.63. The Labute approximate surface area is 166 Å². The lowest BCUT2D eigenvalue weighted by Gasteiger charge is -2.22. The maximum Gasteiger partial charge on any atom is 0.417 e. The van der Waals surface area contributed by atoms with Crippen LogP contribution in [0.15, 0.2) is 42.0 Å². The number of carbonyl (C=O) groups excluding carboxylic acids is 3. The van der Waals surface area contributed by atoms with E-state index in [1.165, 1.54) is 4.90 Å². The molecular weight excluding hydrogens is 358 g/mol. The first-order valence-electron chi connectivity index (χ1n) is 9.71. The second-order valence-corrected chi connectivity index (χ2v) is 7.29. The molecule has 1 unspecified atom stereocenters. The van der Waals surface area contributed by atoms with Crippen molar-refractivity contribution in [1.82, 2.24) is 4.90 Å². The summed E-state index contributed by atoms with van der Waals surface area (Å²) < 4.78 is 10.2. The fourth-order valence-electron chi connectivity index (χ4n) is 3.40. The van der Waals surface area contributed by atoms with Gasteiger partial charge in [-0.25, -0.2) is 9.69 Å². The van der Waals surface area contributed by atoms with Crippen molar-refractivity contribution in [3.05, 3.63) is 47.5 Å². The van der Waals surface area contributed by atoms with Crippen LogP contribution in [0.2, 0.25) is 0 Å². The number of hydrogen-bond acceptors (Lipinski definition) is 5. The fourth-order valence-corrected chi connectivity index (χ4v) is 3.40. The van der Waals surface area contributed by atoms with Gasteiger partial charge in [0.2, 0.25) is 5.91 Å². The van der Waals surface area contributed by atoms with E-state index in [4.69, 9.17) is 9.47 Å². The predicted octanol–water partition coefficient (Wildman–Crippen LogP) is 3.75. The molecule has 1 fully saturated rings. The summed E-state index contributed by atoms with van der Waals surface area (Å²) in [5.41, 5.74) is 1.96. The van der Waals surface area contributed by atoms with Gasteiger partial charge in [-0.3, -0.25) is 9.59 Å². The smallest absolute Gasteiger partial charge is 0.417 e. The molecule has 0 aliphatic carbocycles. The molecule has 1 aromatic rings. The molecule has 6 nitrogen and oxygen atoms in total. The summed E-state index contributed by atoms with van der Waals surface area (Å²) >= 11 is 0. The maximum atomic E-state index is 12.9. The summed E-state index contributed by atoms with van der Waals surface area (Å²) in [6.45, 7) is 7.76. The van der Waals surface area contributed by atoms with E-state index in [9.17, 15) is 14.4 Å². The van der Waals surface area contributed by atoms with Crippen molar-refractivity contribution in [1.29, 1.82) is 0 Å². The van der Waals surface area contributed by atoms with Crippen molar-refractivity contribution in [2.75, 3.05) is 13.2 Å². The normalized spacial score (nSPS) is 19.1. The van der Waals surface area contributed by atoms with Gasteiger partial charge < -0.3 is 9.47 Å². The summed E-state index contributed by atoms with van der Waals surface area (Å²) in [7, 11) is 0. The Morgan fingerprint density at radius 1 is 1.29 bits per heavy atom.